The molecule has 6 heteroatoms. The molecule has 1 N–H and O–H groups in total. The second kappa shape index (κ2) is 5.84. The van der Waals surface area contributed by atoms with Gasteiger partial charge >= 0.3 is 0 Å². The molecule has 100 valence electrons. The van der Waals surface area contributed by atoms with Crippen LogP contribution in [0.15, 0.2) is 24.5 Å². The van der Waals surface area contributed by atoms with Gasteiger partial charge < -0.3 is 5.32 Å². The van der Waals surface area contributed by atoms with Crippen LogP contribution in [0.3, 0.4) is 0 Å². The van der Waals surface area contributed by atoms with Gasteiger partial charge in [0.2, 0.25) is 0 Å². The maximum atomic E-state index is 12.2. The lowest BCUT2D eigenvalue weighted by Gasteiger charge is -2.07. The minimum absolute atomic E-state index is 0.218. The van der Waals surface area contributed by atoms with Gasteiger partial charge in [-0.2, -0.15) is 5.10 Å². The molecule has 0 fully saturated rings. The highest BCUT2D eigenvalue weighted by Crippen LogP contribution is 2.20. The lowest BCUT2D eigenvalue weighted by molar-refractivity contribution is 0.0940. The van der Waals surface area contributed by atoms with E-state index in [1.807, 2.05) is 19.1 Å². The van der Waals surface area contributed by atoms with Gasteiger partial charge in [-0.15, -0.1) is 0 Å². The van der Waals surface area contributed by atoms with E-state index in [9.17, 15) is 4.79 Å². The molecule has 0 aliphatic heterocycles. The number of pyridine rings is 1. The van der Waals surface area contributed by atoms with Crippen LogP contribution in [0.5, 0.6) is 0 Å². The standard InChI is InChI=1S/C13H15ClN4O/c1-3-18-12(11(14)9(2)17-18)13(19)16-8-10-4-6-15-7-5-10/h4-7H,3,8H2,1-2H3,(H,16,19). The Balaban J connectivity index is 2.12. The minimum Gasteiger partial charge on any atom is -0.347 e. The number of carbonyl (C=O) groups excluding carboxylic acids is 1. The molecule has 0 aromatic carbocycles. The van der Waals surface area contributed by atoms with Crippen molar-refractivity contribution in [3.05, 3.63) is 46.5 Å². The third-order valence-electron chi connectivity index (χ3n) is 2.77. The Kier molecular flexibility index (Phi) is 4.16. The minimum atomic E-state index is -0.218. The fourth-order valence-electron chi connectivity index (χ4n) is 1.77. The van der Waals surface area contributed by atoms with Gasteiger partial charge in [0.15, 0.2) is 0 Å². The van der Waals surface area contributed by atoms with E-state index >= 15 is 0 Å². The molecular formula is C13H15ClN4O. The number of nitrogens with zero attached hydrogens (tertiary/aromatic N) is 3. The fourth-order valence-corrected chi connectivity index (χ4v) is 1.99. The summed E-state index contributed by atoms with van der Waals surface area (Å²) in [6.45, 7) is 4.74. The second-order valence-electron chi connectivity index (χ2n) is 4.10. The summed E-state index contributed by atoms with van der Waals surface area (Å²) in [6, 6.07) is 3.70. The number of carbonyl (C=O) groups is 1. The van der Waals surface area contributed by atoms with Crippen LogP contribution in [-0.2, 0) is 13.1 Å². The number of nitrogens with one attached hydrogen (secondary N) is 1. The topological polar surface area (TPSA) is 59.8 Å². The molecule has 0 saturated carbocycles. The quantitative estimate of drug-likeness (QED) is 0.933. The normalized spacial score (nSPS) is 10.5. The monoisotopic (exact) mass is 278 g/mol. The van der Waals surface area contributed by atoms with E-state index in [0.717, 1.165) is 5.56 Å². The van der Waals surface area contributed by atoms with E-state index in [0.29, 0.717) is 29.5 Å². The van der Waals surface area contributed by atoms with Gasteiger partial charge in [0.05, 0.1) is 10.7 Å². The molecule has 2 aromatic rings. The zero-order valence-corrected chi connectivity index (χ0v) is 11.6. The molecule has 2 rings (SSSR count). The molecule has 0 radical (unpaired) electrons. The van der Waals surface area contributed by atoms with Crippen LogP contribution in [0.1, 0.15) is 28.7 Å². The fraction of sp³-hybridized carbons (Fsp3) is 0.308. The van der Waals surface area contributed by atoms with Gasteiger partial charge in [0.1, 0.15) is 5.69 Å². The van der Waals surface area contributed by atoms with Crippen LogP contribution in [0.4, 0.5) is 0 Å². The molecule has 0 aliphatic carbocycles. The smallest absolute Gasteiger partial charge is 0.271 e. The van der Waals surface area contributed by atoms with E-state index < -0.39 is 0 Å². The molecular weight excluding hydrogens is 264 g/mol. The molecule has 1 amide bonds. The van der Waals surface area contributed by atoms with Crippen molar-refractivity contribution in [1.82, 2.24) is 20.1 Å². The van der Waals surface area contributed by atoms with Crippen molar-refractivity contribution < 1.29 is 4.79 Å². The third-order valence-corrected chi connectivity index (χ3v) is 3.22. The van der Waals surface area contributed by atoms with Crippen LogP contribution >= 0.6 is 11.6 Å². The van der Waals surface area contributed by atoms with Gasteiger partial charge in [-0.25, -0.2) is 0 Å². The largest absolute Gasteiger partial charge is 0.347 e. The number of rotatable bonds is 4. The molecule has 0 aliphatic rings. The number of aromatic nitrogens is 3. The van der Waals surface area contributed by atoms with Crippen LogP contribution in [0.25, 0.3) is 0 Å². The molecule has 0 atom stereocenters. The Morgan fingerprint density at radius 1 is 1.42 bits per heavy atom. The van der Waals surface area contributed by atoms with Crippen molar-refractivity contribution in [2.75, 3.05) is 0 Å². The number of hydrogen-bond donors (Lipinski definition) is 1. The molecule has 19 heavy (non-hydrogen) atoms. The van der Waals surface area contributed by atoms with Crippen molar-refractivity contribution >= 4 is 17.5 Å². The number of aryl methyl sites for hydroxylation is 2. The first kappa shape index (κ1) is 13.5. The van der Waals surface area contributed by atoms with Gasteiger partial charge in [0.25, 0.3) is 5.91 Å². The van der Waals surface area contributed by atoms with Crippen molar-refractivity contribution in [3.8, 4) is 0 Å². The highest BCUT2D eigenvalue weighted by atomic mass is 35.5. The van der Waals surface area contributed by atoms with E-state index in [1.54, 1.807) is 24.0 Å². The number of hydrogen-bond acceptors (Lipinski definition) is 3. The van der Waals surface area contributed by atoms with E-state index in [-0.39, 0.29) is 5.91 Å². The van der Waals surface area contributed by atoms with Gasteiger partial charge in [-0.05, 0) is 31.5 Å². The molecule has 2 aromatic heterocycles. The maximum absolute atomic E-state index is 12.2. The first-order chi connectivity index (χ1) is 9.13. The second-order valence-corrected chi connectivity index (χ2v) is 4.48. The predicted octanol–water partition coefficient (Wildman–Crippen LogP) is 2.19. The maximum Gasteiger partial charge on any atom is 0.271 e. The Labute approximate surface area is 116 Å². The first-order valence-electron chi connectivity index (χ1n) is 6.03. The van der Waals surface area contributed by atoms with Crippen molar-refractivity contribution in [2.45, 2.75) is 26.9 Å². The Morgan fingerprint density at radius 3 is 2.74 bits per heavy atom. The van der Waals surface area contributed by atoms with E-state index in [4.69, 9.17) is 11.6 Å². The van der Waals surface area contributed by atoms with Crippen LogP contribution in [-0.4, -0.2) is 20.7 Å². The van der Waals surface area contributed by atoms with Crippen molar-refractivity contribution in [1.29, 1.82) is 0 Å². The van der Waals surface area contributed by atoms with Crippen LogP contribution in [0, 0.1) is 6.92 Å². The first-order valence-corrected chi connectivity index (χ1v) is 6.41. The summed E-state index contributed by atoms with van der Waals surface area (Å²) >= 11 is 6.12. The van der Waals surface area contributed by atoms with E-state index in [1.165, 1.54) is 0 Å². The Morgan fingerprint density at radius 2 is 2.11 bits per heavy atom. The zero-order chi connectivity index (χ0) is 13.8. The summed E-state index contributed by atoms with van der Waals surface area (Å²) < 4.78 is 1.61. The van der Waals surface area contributed by atoms with Gasteiger partial charge in [-0.3, -0.25) is 14.5 Å². The van der Waals surface area contributed by atoms with Crippen molar-refractivity contribution in [2.24, 2.45) is 0 Å². The molecule has 0 spiro atoms. The highest BCUT2D eigenvalue weighted by molar-refractivity contribution is 6.34. The molecule has 0 saturated heterocycles. The Bertz CT molecular complexity index is 580. The summed E-state index contributed by atoms with van der Waals surface area (Å²) in [7, 11) is 0. The number of amides is 1. The lowest BCUT2D eigenvalue weighted by Crippen LogP contribution is -2.26. The van der Waals surface area contributed by atoms with Gasteiger partial charge in [-0.1, -0.05) is 11.6 Å². The summed E-state index contributed by atoms with van der Waals surface area (Å²) in [6.07, 6.45) is 3.38. The average Bonchev–Trinajstić information content (AvgIpc) is 2.73. The highest BCUT2D eigenvalue weighted by Gasteiger charge is 2.19. The zero-order valence-electron chi connectivity index (χ0n) is 10.9. The van der Waals surface area contributed by atoms with Gasteiger partial charge in [0, 0.05) is 25.5 Å². The molecule has 2 heterocycles. The van der Waals surface area contributed by atoms with Crippen LogP contribution < -0.4 is 5.32 Å². The third kappa shape index (κ3) is 2.93. The summed E-state index contributed by atoms with van der Waals surface area (Å²) in [4.78, 5) is 16.1. The molecule has 0 unspecified atom stereocenters. The average molecular weight is 279 g/mol. The van der Waals surface area contributed by atoms with E-state index in [2.05, 4.69) is 15.4 Å². The molecule has 5 nitrogen and oxygen atoms in total. The van der Waals surface area contributed by atoms with Crippen LogP contribution in [0.2, 0.25) is 5.02 Å². The summed E-state index contributed by atoms with van der Waals surface area (Å²) in [5.41, 5.74) is 2.06. The number of halogens is 1. The molecule has 0 bridgehead atoms. The SMILES string of the molecule is CCn1nc(C)c(Cl)c1C(=O)NCc1ccncc1. The summed E-state index contributed by atoms with van der Waals surface area (Å²) in [5.74, 6) is -0.218. The van der Waals surface area contributed by atoms with Crippen molar-refractivity contribution in [3.63, 3.8) is 0 Å². The lowest BCUT2D eigenvalue weighted by atomic mass is 10.2. The Hall–Kier alpha value is -1.88. The summed E-state index contributed by atoms with van der Waals surface area (Å²) in [5, 5.41) is 7.46. The predicted molar refractivity (Wildman–Crippen MR) is 73.1 cm³/mol.